The molecule has 2 aromatic carbocycles. The highest BCUT2D eigenvalue weighted by atomic mass is 19.1. The Labute approximate surface area is 162 Å². The molecule has 0 radical (unpaired) electrons. The molecule has 1 aliphatic rings. The number of anilines is 1. The summed E-state index contributed by atoms with van der Waals surface area (Å²) in [5.41, 5.74) is 9.27. The lowest BCUT2D eigenvalue weighted by Gasteiger charge is -2.35. The third kappa shape index (κ3) is 2.90. The van der Waals surface area contributed by atoms with Gasteiger partial charge in [0.05, 0.1) is 31.6 Å². The van der Waals surface area contributed by atoms with Crippen molar-refractivity contribution in [1.82, 2.24) is 10.2 Å². The van der Waals surface area contributed by atoms with Gasteiger partial charge in [0.2, 0.25) is 0 Å². The summed E-state index contributed by atoms with van der Waals surface area (Å²) in [6, 6.07) is 6.87. The third-order valence-electron chi connectivity index (χ3n) is 5.15. The van der Waals surface area contributed by atoms with Gasteiger partial charge >= 0.3 is 0 Å². The number of nitrogens with two attached hydrogens (primary N) is 1. The van der Waals surface area contributed by atoms with Crippen molar-refractivity contribution in [3.63, 3.8) is 0 Å². The number of ether oxygens (including phenoxy) is 2. The maximum absolute atomic E-state index is 14.5. The van der Waals surface area contributed by atoms with E-state index in [1.807, 2.05) is 19.1 Å². The molecule has 0 fully saturated rings. The average Bonchev–Trinajstić information content (AvgIpc) is 3.17. The van der Waals surface area contributed by atoms with Gasteiger partial charge in [0, 0.05) is 29.1 Å². The minimum atomic E-state index is -0.242. The minimum absolute atomic E-state index is 0.183. The fourth-order valence-corrected chi connectivity index (χ4v) is 3.70. The minimum Gasteiger partial charge on any atom is -0.493 e. The number of hydrogen-bond acceptors (Lipinski definition) is 6. The van der Waals surface area contributed by atoms with Gasteiger partial charge < -0.3 is 20.1 Å². The molecule has 0 amide bonds. The number of rotatable bonds is 5. The van der Waals surface area contributed by atoms with E-state index >= 15 is 0 Å². The predicted molar refractivity (Wildman–Crippen MR) is 107 cm³/mol. The molecule has 1 atom stereocenters. The summed E-state index contributed by atoms with van der Waals surface area (Å²) in [5.74, 6) is 1.40. The SMILES string of the molecule is COc1cc2c(cc1OC)N(CCc1c(F)ccc3[nH]ncc13)C(C)N=C2N. The maximum atomic E-state index is 14.5. The van der Waals surface area contributed by atoms with Gasteiger partial charge in [0.15, 0.2) is 11.5 Å². The van der Waals surface area contributed by atoms with E-state index in [-0.39, 0.29) is 12.0 Å². The lowest BCUT2D eigenvalue weighted by Crippen LogP contribution is -2.40. The molecule has 2 heterocycles. The average molecular weight is 383 g/mol. The Kier molecular flexibility index (Phi) is 4.54. The molecule has 28 heavy (non-hydrogen) atoms. The van der Waals surface area contributed by atoms with Crippen LogP contribution in [0.2, 0.25) is 0 Å². The number of aromatic nitrogens is 2. The second-order valence-corrected chi connectivity index (χ2v) is 6.67. The summed E-state index contributed by atoms with van der Waals surface area (Å²) >= 11 is 0. The van der Waals surface area contributed by atoms with Crippen LogP contribution in [-0.2, 0) is 6.42 Å². The molecule has 0 aliphatic carbocycles. The zero-order chi connectivity index (χ0) is 19.8. The highest BCUT2D eigenvalue weighted by molar-refractivity contribution is 6.05. The van der Waals surface area contributed by atoms with Crippen LogP contribution in [0.5, 0.6) is 11.5 Å². The van der Waals surface area contributed by atoms with E-state index < -0.39 is 0 Å². The van der Waals surface area contributed by atoms with Gasteiger partial charge in [-0.25, -0.2) is 9.38 Å². The number of benzene rings is 2. The first-order valence-corrected chi connectivity index (χ1v) is 9.00. The Bertz CT molecular complexity index is 1060. The number of amidine groups is 1. The third-order valence-corrected chi connectivity index (χ3v) is 5.15. The van der Waals surface area contributed by atoms with Crippen molar-refractivity contribution >= 4 is 22.4 Å². The molecule has 7 nitrogen and oxygen atoms in total. The lowest BCUT2D eigenvalue weighted by molar-refractivity contribution is 0.354. The molecule has 3 N–H and O–H groups in total. The molecular weight excluding hydrogens is 361 g/mol. The van der Waals surface area contributed by atoms with Crippen molar-refractivity contribution in [2.24, 2.45) is 10.7 Å². The Morgan fingerprint density at radius 1 is 1.21 bits per heavy atom. The number of nitrogens with one attached hydrogen (secondary N) is 1. The molecule has 1 aliphatic heterocycles. The maximum Gasteiger partial charge on any atom is 0.162 e. The van der Waals surface area contributed by atoms with Crippen LogP contribution in [0.1, 0.15) is 18.1 Å². The normalized spacial score (nSPS) is 16.1. The van der Waals surface area contributed by atoms with Crippen molar-refractivity contribution in [3.8, 4) is 11.5 Å². The summed E-state index contributed by atoms with van der Waals surface area (Å²) in [5, 5.41) is 7.70. The van der Waals surface area contributed by atoms with E-state index in [4.69, 9.17) is 15.2 Å². The standard InChI is InChI=1S/C20H22FN5O2/c1-11-24-20(22)13-8-18(27-2)19(28-3)9-17(13)26(11)7-6-12-14-10-23-25-16(14)5-4-15(12)21/h4-5,8-11H,6-7H2,1-3H3,(H2,22,24)(H,23,25). The van der Waals surface area contributed by atoms with Crippen molar-refractivity contribution in [2.75, 3.05) is 25.7 Å². The number of methoxy groups -OCH3 is 2. The lowest BCUT2D eigenvalue weighted by atomic mass is 10.0. The van der Waals surface area contributed by atoms with E-state index in [1.165, 1.54) is 6.07 Å². The molecular formula is C20H22FN5O2. The van der Waals surface area contributed by atoms with Crippen LogP contribution in [0.3, 0.4) is 0 Å². The number of aromatic amines is 1. The van der Waals surface area contributed by atoms with Crippen LogP contribution >= 0.6 is 0 Å². The Hall–Kier alpha value is -3.29. The number of hydrogen-bond donors (Lipinski definition) is 2. The number of nitrogens with zero attached hydrogens (tertiary/aromatic N) is 3. The van der Waals surface area contributed by atoms with Crippen molar-refractivity contribution in [1.29, 1.82) is 0 Å². The Morgan fingerprint density at radius 2 is 1.96 bits per heavy atom. The van der Waals surface area contributed by atoms with E-state index in [1.54, 1.807) is 26.5 Å². The number of H-pyrrole nitrogens is 1. The van der Waals surface area contributed by atoms with Crippen LogP contribution < -0.4 is 20.1 Å². The molecule has 1 aromatic heterocycles. The molecule has 8 heteroatoms. The first-order chi connectivity index (χ1) is 13.5. The van der Waals surface area contributed by atoms with Crippen molar-refractivity contribution < 1.29 is 13.9 Å². The molecule has 4 rings (SSSR count). The largest absolute Gasteiger partial charge is 0.493 e. The summed E-state index contributed by atoms with van der Waals surface area (Å²) < 4.78 is 25.3. The molecule has 0 bridgehead atoms. The smallest absolute Gasteiger partial charge is 0.162 e. The fraction of sp³-hybridized carbons (Fsp3) is 0.300. The monoisotopic (exact) mass is 383 g/mol. The molecule has 0 spiro atoms. The molecule has 0 saturated carbocycles. The second-order valence-electron chi connectivity index (χ2n) is 6.67. The van der Waals surface area contributed by atoms with Crippen LogP contribution in [0.4, 0.5) is 10.1 Å². The quantitative estimate of drug-likeness (QED) is 0.707. The van der Waals surface area contributed by atoms with Gasteiger partial charge in [-0.05, 0) is 31.5 Å². The number of fused-ring (bicyclic) bond motifs is 2. The molecule has 146 valence electrons. The number of aliphatic imine (C=N–C) groups is 1. The Balaban J connectivity index is 1.70. The van der Waals surface area contributed by atoms with Crippen LogP contribution in [0.15, 0.2) is 35.5 Å². The van der Waals surface area contributed by atoms with E-state index in [0.717, 1.165) is 22.2 Å². The first kappa shape index (κ1) is 18.1. The van der Waals surface area contributed by atoms with Gasteiger partial charge in [-0.1, -0.05) is 0 Å². The molecule has 0 saturated heterocycles. The predicted octanol–water partition coefficient (Wildman–Crippen LogP) is 2.83. The van der Waals surface area contributed by atoms with Crippen LogP contribution in [-0.4, -0.2) is 43.0 Å². The second kappa shape index (κ2) is 7.03. The van der Waals surface area contributed by atoms with Crippen molar-refractivity contribution in [2.45, 2.75) is 19.5 Å². The highest BCUT2D eigenvalue weighted by Crippen LogP contribution is 2.38. The summed E-state index contributed by atoms with van der Waals surface area (Å²) in [6.07, 6.45) is 1.97. The Morgan fingerprint density at radius 3 is 2.71 bits per heavy atom. The topological polar surface area (TPSA) is 88.8 Å². The summed E-state index contributed by atoms with van der Waals surface area (Å²) in [6.45, 7) is 2.52. The zero-order valence-corrected chi connectivity index (χ0v) is 16.0. The van der Waals surface area contributed by atoms with Crippen molar-refractivity contribution in [3.05, 3.63) is 47.4 Å². The summed E-state index contributed by atoms with van der Waals surface area (Å²) in [7, 11) is 3.17. The number of halogens is 1. The van der Waals surface area contributed by atoms with Crippen LogP contribution in [0.25, 0.3) is 10.9 Å². The van der Waals surface area contributed by atoms with Crippen LogP contribution in [0, 0.1) is 5.82 Å². The first-order valence-electron chi connectivity index (χ1n) is 9.00. The van der Waals surface area contributed by atoms with Gasteiger partial charge in [0.25, 0.3) is 0 Å². The van der Waals surface area contributed by atoms with Gasteiger partial charge in [0.1, 0.15) is 17.8 Å². The summed E-state index contributed by atoms with van der Waals surface area (Å²) in [4.78, 5) is 6.62. The van der Waals surface area contributed by atoms with Gasteiger partial charge in [-0.15, -0.1) is 0 Å². The van der Waals surface area contributed by atoms with Gasteiger partial charge in [-0.3, -0.25) is 5.10 Å². The molecule has 3 aromatic rings. The van der Waals surface area contributed by atoms with E-state index in [9.17, 15) is 4.39 Å². The molecule has 1 unspecified atom stereocenters. The highest BCUT2D eigenvalue weighted by Gasteiger charge is 2.26. The van der Waals surface area contributed by atoms with E-state index in [0.29, 0.717) is 35.9 Å². The van der Waals surface area contributed by atoms with Gasteiger partial charge in [-0.2, -0.15) is 5.10 Å². The zero-order valence-electron chi connectivity index (χ0n) is 16.0. The fourth-order valence-electron chi connectivity index (χ4n) is 3.70. The van der Waals surface area contributed by atoms with E-state index in [2.05, 4.69) is 20.1 Å².